The van der Waals surface area contributed by atoms with Crippen molar-refractivity contribution in [2.75, 3.05) is 0 Å². The van der Waals surface area contributed by atoms with Crippen LogP contribution in [0.15, 0.2) is 36.4 Å². The average Bonchev–Trinajstić information content (AvgIpc) is 3.04. The van der Waals surface area contributed by atoms with Gasteiger partial charge in [-0.15, -0.1) is 0 Å². The van der Waals surface area contributed by atoms with Crippen LogP contribution in [-0.4, -0.2) is 22.3 Å². The minimum atomic E-state index is -0.580. The summed E-state index contributed by atoms with van der Waals surface area (Å²) in [4.78, 5) is 26.4. The maximum Gasteiger partial charge on any atom is 0.252 e. The van der Waals surface area contributed by atoms with Crippen molar-refractivity contribution in [3.8, 4) is 5.75 Å². The van der Waals surface area contributed by atoms with Crippen LogP contribution in [0.5, 0.6) is 5.75 Å². The van der Waals surface area contributed by atoms with Crippen LogP contribution in [0.1, 0.15) is 38.0 Å². The third-order valence-electron chi connectivity index (χ3n) is 4.10. The van der Waals surface area contributed by atoms with E-state index >= 15 is 0 Å². The van der Waals surface area contributed by atoms with Gasteiger partial charge >= 0.3 is 0 Å². The normalized spacial score (nSPS) is 16.4. The Morgan fingerprint density at radius 2 is 2.00 bits per heavy atom. The minimum absolute atomic E-state index is 0.0313. The van der Waals surface area contributed by atoms with E-state index in [9.17, 15) is 19.1 Å². The molecular weight excluding hydrogens is 299 g/mol. The van der Waals surface area contributed by atoms with Gasteiger partial charge in [0.2, 0.25) is 0 Å². The van der Waals surface area contributed by atoms with Gasteiger partial charge in [-0.05, 0) is 42.0 Å². The van der Waals surface area contributed by atoms with E-state index in [4.69, 9.17) is 0 Å². The van der Waals surface area contributed by atoms with E-state index in [0.29, 0.717) is 33.9 Å². The molecule has 2 heterocycles. The van der Waals surface area contributed by atoms with Crippen LogP contribution in [0.4, 0.5) is 4.39 Å². The number of carbonyl (C=O) groups is 2. The lowest BCUT2D eigenvalue weighted by Gasteiger charge is -2.12. The fourth-order valence-electron chi connectivity index (χ4n) is 3.13. The fourth-order valence-corrected chi connectivity index (χ4v) is 3.13. The number of phenols is 1. The molecule has 0 spiro atoms. The summed E-state index contributed by atoms with van der Waals surface area (Å²) in [5.74, 6) is -0.668. The molecule has 0 aliphatic carbocycles. The van der Waals surface area contributed by atoms with Crippen molar-refractivity contribution in [2.45, 2.75) is 6.04 Å². The maximum atomic E-state index is 13.4. The Hall–Kier alpha value is -3.15. The number of rotatable bonds is 2. The van der Waals surface area contributed by atoms with Crippen molar-refractivity contribution in [1.29, 1.82) is 0 Å². The van der Waals surface area contributed by atoms with Crippen LogP contribution >= 0.6 is 0 Å². The molecule has 114 valence electrons. The molecule has 0 radical (unpaired) electrons. The molecule has 1 aromatic heterocycles. The smallest absolute Gasteiger partial charge is 0.252 e. The SMILES string of the molecule is O=Cc1[nH]c2cc(F)ccc2c1C1NC(=O)c2ccc(O)cc21. The van der Waals surface area contributed by atoms with E-state index in [1.54, 1.807) is 6.07 Å². The Bertz CT molecular complexity index is 977. The first-order valence-electron chi connectivity index (χ1n) is 6.98. The number of amides is 1. The molecule has 0 saturated heterocycles. The van der Waals surface area contributed by atoms with Gasteiger partial charge in [0.15, 0.2) is 6.29 Å². The monoisotopic (exact) mass is 310 g/mol. The van der Waals surface area contributed by atoms with Crippen molar-refractivity contribution >= 4 is 23.1 Å². The van der Waals surface area contributed by atoms with E-state index in [2.05, 4.69) is 10.3 Å². The zero-order valence-corrected chi connectivity index (χ0v) is 11.8. The van der Waals surface area contributed by atoms with Crippen molar-refractivity contribution in [3.63, 3.8) is 0 Å². The molecule has 4 rings (SSSR count). The van der Waals surface area contributed by atoms with E-state index < -0.39 is 11.9 Å². The lowest BCUT2D eigenvalue weighted by molar-refractivity contribution is 0.0959. The van der Waals surface area contributed by atoms with Crippen LogP contribution in [0.2, 0.25) is 0 Å². The molecule has 1 aliphatic heterocycles. The molecule has 1 unspecified atom stereocenters. The second kappa shape index (κ2) is 4.67. The van der Waals surface area contributed by atoms with Gasteiger partial charge in [-0.1, -0.05) is 0 Å². The number of H-pyrrole nitrogens is 1. The number of aromatic nitrogens is 1. The highest BCUT2D eigenvalue weighted by Crippen LogP contribution is 2.38. The molecule has 3 N–H and O–H groups in total. The van der Waals surface area contributed by atoms with Crippen LogP contribution in [-0.2, 0) is 0 Å². The number of carbonyl (C=O) groups excluding carboxylic acids is 2. The van der Waals surface area contributed by atoms with Crippen LogP contribution in [0, 0.1) is 5.82 Å². The number of phenolic OH excluding ortho intramolecular Hbond substituents is 1. The number of hydrogen-bond acceptors (Lipinski definition) is 3. The lowest BCUT2D eigenvalue weighted by Crippen LogP contribution is -2.20. The van der Waals surface area contributed by atoms with Crippen LogP contribution < -0.4 is 5.32 Å². The van der Waals surface area contributed by atoms with Crippen LogP contribution in [0.25, 0.3) is 10.9 Å². The molecule has 1 aliphatic rings. The number of nitrogens with one attached hydrogen (secondary N) is 2. The standard InChI is InChI=1S/C17H11FN2O3/c18-8-1-3-11-13(5-8)19-14(7-21)15(11)16-12-6-9(22)2-4-10(12)17(23)20-16/h1-7,16,19,22H,(H,20,23). The largest absolute Gasteiger partial charge is 0.508 e. The molecule has 0 saturated carbocycles. The second-order valence-electron chi connectivity index (χ2n) is 5.44. The number of halogens is 1. The molecule has 1 amide bonds. The summed E-state index contributed by atoms with van der Waals surface area (Å²) in [6.45, 7) is 0. The molecule has 0 fully saturated rings. The van der Waals surface area contributed by atoms with E-state index in [1.807, 2.05) is 0 Å². The number of aromatic amines is 1. The van der Waals surface area contributed by atoms with Crippen molar-refractivity contribution in [1.82, 2.24) is 10.3 Å². The Labute approximate surface area is 129 Å². The summed E-state index contributed by atoms with van der Waals surface area (Å²) in [7, 11) is 0. The number of benzene rings is 2. The van der Waals surface area contributed by atoms with E-state index in [0.717, 1.165) is 0 Å². The minimum Gasteiger partial charge on any atom is -0.508 e. The van der Waals surface area contributed by atoms with Gasteiger partial charge in [0, 0.05) is 22.0 Å². The lowest BCUT2D eigenvalue weighted by atomic mass is 9.96. The number of aldehydes is 1. The van der Waals surface area contributed by atoms with Gasteiger partial charge in [-0.3, -0.25) is 9.59 Å². The highest BCUT2D eigenvalue weighted by molar-refractivity contribution is 6.02. The van der Waals surface area contributed by atoms with Gasteiger partial charge in [0.05, 0.1) is 11.7 Å². The quantitative estimate of drug-likeness (QED) is 0.636. The van der Waals surface area contributed by atoms with Gasteiger partial charge in [0.1, 0.15) is 11.6 Å². The van der Waals surface area contributed by atoms with Crippen LogP contribution in [0.3, 0.4) is 0 Å². The zero-order valence-electron chi connectivity index (χ0n) is 11.8. The Morgan fingerprint density at radius 3 is 2.78 bits per heavy atom. The Morgan fingerprint density at radius 1 is 1.17 bits per heavy atom. The zero-order chi connectivity index (χ0) is 16.1. The summed E-state index contributed by atoms with van der Waals surface area (Å²) < 4.78 is 13.4. The third-order valence-corrected chi connectivity index (χ3v) is 4.10. The highest BCUT2D eigenvalue weighted by atomic mass is 19.1. The molecule has 5 nitrogen and oxygen atoms in total. The number of aromatic hydroxyl groups is 1. The molecule has 6 heteroatoms. The predicted octanol–water partition coefficient (Wildman–Crippen LogP) is 2.66. The number of hydrogen-bond donors (Lipinski definition) is 3. The van der Waals surface area contributed by atoms with Crippen molar-refractivity contribution < 1.29 is 19.1 Å². The molecule has 3 aromatic rings. The summed E-state index contributed by atoms with van der Waals surface area (Å²) in [6, 6.07) is 8.05. The summed E-state index contributed by atoms with van der Waals surface area (Å²) in [5.41, 5.74) is 2.34. The first-order chi connectivity index (χ1) is 11.1. The molecule has 0 bridgehead atoms. The van der Waals surface area contributed by atoms with Gasteiger partial charge < -0.3 is 15.4 Å². The van der Waals surface area contributed by atoms with Gasteiger partial charge in [-0.25, -0.2) is 4.39 Å². The third kappa shape index (κ3) is 1.92. The summed E-state index contributed by atoms with van der Waals surface area (Å²) in [5, 5.41) is 13.2. The number of fused-ring (bicyclic) bond motifs is 2. The predicted molar refractivity (Wildman–Crippen MR) is 81.1 cm³/mol. The van der Waals surface area contributed by atoms with Gasteiger partial charge in [0.25, 0.3) is 5.91 Å². The Balaban J connectivity index is 1.99. The summed E-state index contributed by atoms with van der Waals surface area (Å²) >= 11 is 0. The molecule has 2 aromatic carbocycles. The fraction of sp³-hybridized carbons (Fsp3) is 0.0588. The van der Waals surface area contributed by atoms with Crippen molar-refractivity contribution in [2.24, 2.45) is 0 Å². The van der Waals surface area contributed by atoms with E-state index in [1.165, 1.54) is 30.3 Å². The van der Waals surface area contributed by atoms with Crippen molar-refractivity contribution in [3.05, 3.63) is 64.6 Å². The van der Waals surface area contributed by atoms with E-state index in [-0.39, 0.29) is 17.4 Å². The molecule has 1 atom stereocenters. The molecular formula is C17H11FN2O3. The second-order valence-corrected chi connectivity index (χ2v) is 5.44. The first-order valence-corrected chi connectivity index (χ1v) is 6.98. The first kappa shape index (κ1) is 13.5. The topological polar surface area (TPSA) is 82.2 Å². The highest BCUT2D eigenvalue weighted by Gasteiger charge is 2.33. The molecule has 23 heavy (non-hydrogen) atoms. The Kier molecular flexibility index (Phi) is 2.74. The van der Waals surface area contributed by atoms with Gasteiger partial charge in [-0.2, -0.15) is 0 Å². The summed E-state index contributed by atoms with van der Waals surface area (Å²) in [6.07, 6.45) is 0.639. The average molecular weight is 310 g/mol. The maximum absolute atomic E-state index is 13.4.